The van der Waals surface area contributed by atoms with Crippen LogP contribution in [0.3, 0.4) is 0 Å². The normalized spacial score (nSPS) is 21.8. The van der Waals surface area contributed by atoms with Gasteiger partial charge < -0.3 is 9.88 Å². The fourth-order valence-corrected chi connectivity index (χ4v) is 5.29. The largest absolute Gasteiger partial charge is 0.312 e. The Morgan fingerprint density at radius 2 is 2.04 bits per heavy atom. The first-order valence-corrected chi connectivity index (χ1v) is 10.0. The molecule has 0 unspecified atom stereocenters. The Labute approximate surface area is 160 Å². The van der Waals surface area contributed by atoms with Gasteiger partial charge in [0.2, 0.25) is 5.91 Å². The van der Waals surface area contributed by atoms with Crippen LogP contribution in [-0.4, -0.2) is 40.0 Å². The Morgan fingerprint density at radius 3 is 2.93 bits per heavy atom. The highest BCUT2D eigenvalue weighted by Gasteiger charge is 2.34. The summed E-state index contributed by atoms with van der Waals surface area (Å²) >= 11 is 1.50. The molecule has 7 heteroatoms. The molecule has 0 saturated carbocycles. The first kappa shape index (κ1) is 16.6. The monoisotopic (exact) mass is 380 g/mol. The second-order valence-corrected chi connectivity index (χ2v) is 8.46. The van der Waals surface area contributed by atoms with E-state index in [0.29, 0.717) is 23.5 Å². The average molecular weight is 380 g/mol. The fraction of sp³-hybridized carbons (Fsp3) is 0.350. The van der Waals surface area contributed by atoms with Crippen molar-refractivity contribution in [1.29, 1.82) is 0 Å². The van der Waals surface area contributed by atoms with E-state index in [1.165, 1.54) is 11.3 Å². The van der Waals surface area contributed by atoms with Gasteiger partial charge in [-0.3, -0.25) is 14.5 Å². The van der Waals surface area contributed by atoms with Gasteiger partial charge in [0.25, 0.3) is 5.56 Å². The molecule has 1 fully saturated rings. The van der Waals surface area contributed by atoms with Crippen molar-refractivity contribution in [2.45, 2.75) is 18.9 Å². The van der Waals surface area contributed by atoms with Crippen LogP contribution in [0.1, 0.15) is 18.0 Å². The molecule has 2 bridgehead atoms. The summed E-state index contributed by atoms with van der Waals surface area (Å²) in [4.78, 5) is 31.3. The van der Waals surface area contributed by atoms with Crippen LogP contribution in [0.4, 0.5) is 5.13 Å². The Kier molecular flexibility index (Phi) is 4.06. The Bertz CT molecular complexity index is 1040. The highest BCUT2D eigenvalue weighted by Crippen LogP contribution is 2.34. The number of hydrogen-bond donors (Lipinski definition) is 1. The Hall–Kier alpha value is -2.51. The molecule has 2 aromatic heterocycles. The lowest BCUT2D eigenvalue weighted by molar-refractivity contribution is -0.117. The number of benzene rings is 1. The maximum Gasteiger partial charge on any atom is 0.250 e. The summed E-state index contributed by atoms with van der Waals surface area (Å²) in [5.74, 6) is 0.715. The summed E-state index contributed by atoms with van der Waals surface area (Å²) in [5.41, 5.74) is 2.10. The topological polar surface area (TPSA) is 67.2 Å². The second-order valence-electron chi connectivity index (χ2n) is 7.43. The molecule has 0 aliphatic carbocycles. The summed E-state index contributed by atoms with van der Waals surface area (Å²) in [6, 6.07) is 13.4. The number of aromatic nitrogens is 2. The van der Waals surface area contributed by atoms with Gasteiger partial charge in [-0.15, -0.1) is 0 Å². The number of carbonyl (C=O) groups excluding carboxylic acids is 1. The van der Waals surface area contributed by atoms with Gasteiger partial charge in [0.1, 0.15) is 0 Å². The first-order chi connectivity index (χ1) is 13.2. The van der Waals surface area contributed by atoms with Crippen molar-refractivity contribution >= 4 is 32.6 Å². The molecule has 4 heterocycles. The van der Waals surface area contributed by atoms with Crippen LogP contribution in [0.5, 0.6) is 0 Å². The Morgan fingerprint density at radius 1 is 1.15 bits per heavy atom. The number of piperidine rings is 1. The summed E-state index contributed by atoms with van der Waals surface area (Å²) in [6.07, 6.45) is 1.10. The SMILES string of the molecule is O=C(CN1C[C@@H]2C[C@@H](C1)c1cccc(=O)n1C2)Nc1nc2ccccc2s1. The van der Waals surface area contributed by atoms with Crippen LogP contribution in [-0.2, 0) is 11.3 Å². The number of hydrogen-bond acceptors (Lipinski definition) is 5. The van der Waals surface area contributed by atoms with E-state index >= 15 is 0 Å². The first-order valence-electron chi connectivity index (χ1n) is 9.23. The molecule has 1 N–H and O–H groups in total. The number of anilines is 1. The maximum atomic E-state index is 12.5. The molecule has 138 valence electrons. The minimum Gasteiger partial charge on any atom is -0.312 e. The number of para-hydroxylation sites is 1. The molecule has 0 spiro atoms. The minimum atomic E-state index is -0.0283. The van der Waals surface area contributed by atoms with Crippen molar-refractivity contribution in [3.05, 3.63) is 58.5 Å². The zero-order valence-electron chi connectivity index (χ0n) is 14.8. The molecular formula is C20H20N4O2S. The van der Waals surface area contributed by atoms with Gasteiger partial charge >= 0.3 is 0 Å². The van der Waals surface area contributed by atoms with E-state index in [-0.39, 0.29) is 11.5 Å². The summed E-state index contributed by atoms with van der Waals surface area (Å²) in [5, 5.41) is 3.59. The number of likely N-dealkylation sites (tertiary alicyclic amines) is 1. The number of nitrogens with zero attached hydrogens (tertiary/aromatic N) is 3. The molecule has 6 nitrogen and oxygen atoms in total. The molecule has 1 aromatic carbocycles. The molecule has 2 atom stereocenters. The van der Waals surface area contributed by atoms with Gasteiger partial charge in [0.15, 0.2) is 5.13 Å². The molecule has 27 heavy (non-hydrogen) atoms. The molecule has 2 aliphatic rings. The predicted molar refractivity (Wildman–Crippen MR) is 106 cm³/mol. The van der Waals surface area contributed by atoms with E-state index in [9.17, 15) is 9.59 Å². The molecule has 1 amide bonds. The van der Waals surface area contributed by atoms with Crippen LogP contribution < -0.4 is 10.9 Å². The lowest BCUT2D eigenvalue weighted by Gasteiger charge is -2.42. The number of thiazole rings is 1. The van der Waals surface area contributed by atoms with Crippen molar-refractivity contribution in [2.75, 3.05) is 25.0 Å². The van der Waals surface area contributed by atoms with E-state index in [0.717, 1.165) is 42.0 Å². The van der Waals surface area contributed by atoms with Crippen molar-refractivity contribution in [1.82, 2.24) is 14.5 Å². The lowest BCUT2D eigenvalue weighted by Crippen LogP contribution is -2.49. The van der Waals surface area contributed by atoms with Gasteiger partial charge in [0.05, 0.1) is 16.8 Å². The molecule has 5 rings (SSSR count). The number of carbonyl (C=O) groups is 1. The third kappa shape index (κ3) is 3.17. The van der Waals surface area contributed by atoms with Crippen molar-refractivity contribution in [3.8, 4) is 0 Å². The van der Waals surface area contributed by atoms with Crippen molar-refractivity contribution in [3.63, 3.8) is 0 Å². The standard InChI is InChI=1S/C20H20N4O2S/c25-18(22-20-21-15-4-1-2-6-17(15)27-20)12-23-9-13-8-14(11-23)16-5-3-7-19(26)24(16)10-13/h1-7,13-14H,8-12H2,(H,21,22,25)/t13-,14-/m0/s1. The molecule has 2 aliphatic heterocycles. The van der Waals surface area contributed by atoms with Crippen molar-refractivity contribution in [2.24, 2.45) is 5.92 Å². The van der Waals surface area contributed by atoms with Gasteiger partial charge in [0, 0.05) is 37.3 Å². The third-order valence-electron chi connectivity index (χ3n) is 5.46. The lowest BCUT2D eigenvalue weighted by atomic mass is 9.83. The summed E-state index contributed by atoms with van der Waals surface area (Å²) in [6.45, 7) is 2.78. The highest BCUT2D eigenvalue weighted by molar-refractivity contribution is 7.22. The highest BCUT2D eigenvalue weighted by atomic mass is 32.1. The van der Waals surface area contributed by atoms with Crippen LogP contribution in [0.25, 0.3) is 10.2 Å². The van der Waals surface area contributed by atoms with E-state index in [2.05, 4.69) is 15.2 Å². The number of amides is 1. The number of nitrogens with one attached hydrogen (secondary N) is 1. The average Bonchev–Trinajstić information content (AvgIpc) is 3.04. The molecule has 3 aromatic rings. The quantitative estimate of drug-likeness (QED) is 0.758. The van der Waals surface area contributed by atoms with E-state index in [4.69, 9.17) is 0 Å². The van der Waals surface area contributed by atoms with Gasteiger partial charge in [-0.2, -0.15) is 0 Å². The predicted octanol–water partition coefficient (Wildman–Crippen LogP) is 2.52. The molecule has 1 saturated heterocycles. The van der Waals surface area contributed by atoms with E-state index in [1.807, 2.05) is 41.0 Å². The zero-order valence-corrected chi connectivity index (χ0v) is 15.6. The van der Waals surface area contributed by atoms with Crippen LogP contribution >= 0.6 is 11.3 Å². The third-order valence-corrected chi connectivity index (χ3v) is 6.41. The molecule has 0 radical (unpaired) electrons. The summed E-state index contributed by atoms with van der Waals surface area (Å²) < 4.78 is 2.99. The van der Waals surface area contributed by atoms with E-state index in [1.54, 1.807) is 6.07 Å². The van der Waals surface area contributed by atoms with Crippen molar-refractivity contribution < 1.29 is 4.79 Å². The smallest absolute Gasteiger partial charge is 0.250 e. The van der Waals surface area contributed by atoms with Gasteiger partial charge in [-0.1, -0.05) is 29.5 Å². The van der Waals surface area contributed by atoms with Gasteiger partial charge in [-0.05, 0) is 30.5 Å². The second kappa shape index (κ2) is 6.58. The van der Waals surface area contributed by atoms with Crippen LogP contribution in [0.15, 0.2) is 47.3 Å². The minimum absolute atomic E-state index is 0.0283. The number of fused-ring (bicyclic) bond motifs is 5. The molecular weight excluding hydrogens is 360 g/mol. The Balaban J connectivity index is 1.28. The van der Waals surface area contributed by atoms with Crippen LogP contribution in [0, 0.1) is 5.92 Å². The van der Waals surface area contributed by atoms with Crippen LogP contribution in [0.2, 0.25) is 0 Å². The summed E-state index contributed by atoms with van der Waals surface area (Å²) in [7, 11) is 0. The maximum absolute atomic E-state index is 12.5. The fourth-order valence-electron chi connectivity index (χ4n) is 4.41. The number of pyridine rings is 1. The van der Waals surface area contributed by atoms with Gasteiger partial charge in [-0.25, -0.2) is 4.98 Å². The zero-order chi connectivity index (χ0) is 18.4. The number of rotatable bonds is 3. The van der Waals surface area contributed by atoms with E-state index < -0.39 is 0 Å².